The Bertz CT molecular complexity index is 1290. The molecule has 2 aliphatic heterocycles. The molecule has 0 radical (unpaired) electrons. The molecule has 2 aliphatic rings. The number of rotatable bonds is 13. The maximum atomic E-state index is 12.7. The summed E-state index contributed by atoms with van der Waals surface area (Å²) in [5.74, 6) is -1.26. The Balaban J connectivity index is 1.14. The van der Waals surface area contributed by atoms with Crippen molar-refractivity contribution in [2.24, 2.45) is 0 Å². The number of benzene rings is 2. The Morgan fingerprint density at radius 3 is 1.39 bits per heavy atom. The van der Waals surface area contributed by atoms with Crippen LogP contribution in [-0.4, -0.2) is 108 Å². The van der Waals surface area contributed by atoms with E-state index in [0.29, 0.717) is 0 Å². The Hall–Kier alpha value is -5.14. The molecule has 46 heavy (non-hydrogen) atoms. The normalized spacial score (nSPS) is 17.7. The van der Waals surface area contributed by atoms with Crippen LogP contribution in [-0.2, 0) is 41.9 Å². The average molecular weight is 637 g/mol. The fourth-order valence-electron chi connectivity index (χ4n) is 5.20. The number of nitrogens with zero attached hydrogens (tertiary/aromatic N) is 4. The van der Waals surface area contributed by atoms with Crippen LogP contribution in [0.4, 0.5) is 9.59 Å². The Kier molecular flexibility index (Phi) is 11.9. The fourth-order valence-corrected chi connectivity index (χ4v) is 5.20. The highest BCUT2D eigenvalue weighted by atomic mass is 16.6. The first kappa shape index (κ1) is 33.7. The monoisotopic (exact) mass is 636 g/mol. The fraction of sp³-hybridized carbons (Fsp3) is 0.438. The van der Waals surface area contributed by atoms with Crippen molar-refractivity contribution in [3.8, 4) is 0 Å². The molecule has 2 heterocycles. The van der Waals surface area contributed by atoms with E-state index in [1.807, 2.05) is 60.7 Å². The van der Waals surface area contributed by atoms with Gasteiger partial charge in [-0.25, -0.2) is 9.59 Å². The number of hydrogen-bond donors (Lipinski definition) is 2. The van der Waals surface area contributed by atoms with Crippen LogP contribution < -0.4 is 10.6 Å². The largest absolute Gasteiger partial charge is 0.444 e. The van der Waals surface area contributed by atoms with Gasteiger partial charge in [0.05, 0.1) is 13.3 Å². The van der Waals surface area contributed by atoms with E-state index in [9.17, 15) is 28.8 Å². The van der Waals surface area contributed by atoms with Crippen molar-refractivity contribution in [1.82, 2.24) is 30.2 Å². The number of carbonyl (C=O) groups is 6. The Morgan fingerprint density at radius 2 is 1.02 bits per heavy atom. The molecule has 2 atom stereocenters. The summed E-state index contributed by atoms with van der Waals surface area (Å²) in [5.41, 5.74) is 1.65. The molecule has 4 rings (SSSR count). The van der Waals surface area contributed by atoms with E-state index in [0.717, 1.165) is 11.1 Å². The summed E-state index contributed by atoms with van der Waals surface area (Å²) in [5, 5.41) is 5.39. The van der Waals surface area contributed by atoms with E-state index in [2.05, 4.69) is 10.6 Å². The van der Waals surface area contributed by atoms with E-state index < -0.39 is 24.3 Å². The summed E-state index contributed by atoms with van der Waals surface area (Å²) >= 11 is 0. The minimum atomic E-state index is -0.774. The van der Waals surface area contributed by atoms with Gasteiger partial charge in [0.1, 0.15) is 25.3 Å². The molecule has 14 heteroatoms. The maximum absolute atomic E-state index is 12.7. The van der Waals surface area contributed by atoms with Crippen LogP contribution in [0.5, 0.6) is 0 Å². The summed E-state index contributed by atoms with van der Waals surface area (Å²) in [6.45, 7) is 0.572. The number of nitrogens with one attached hydrogen (secondary N) is 2. The topological polar surface area (TPSA) is 158 Å². The van der Waals surface area contributed by atoms with Crippen LogP contribution in [0.1, 0.15) is 36.8 Å². The van der Waals surface area contributed by atoms with Gasteiger partial charge in [0.2, 0.25) is 23.6 Å². The molecule has 6 amide bonds. The minimum Gasteiger partial charge on any atom is -0.444 e. The minimum absolute atomic E-state index is 0.0765. The first-order chi connectivity index (χ1) is 22.1. The first-order valence-electron chi connectivity index (χ1n) is 15.1. The highest BCUT2D eigenvalue weighted by Gasteiger charge is 2.41. The zero-order valence-electron chi connectivity index (χ0n) is 26.1. The second kappa shape index (κ2) is 16.3. The van der Waals surface area contributed by atoms with E-state index in [4.69, 9.17) is 9.47 Å². The highest BCUT2D eigenvalue weighted by molar-refractivity contribution is 5.89. The molecular weight excluding hydrogens is 596 g/mol. The van der Waals surface area contributed by atoms with Crippen molar-refractivity contribution in [1.29, 1.82) is 0 Å². The summed E-state index contributed by atoms with van der Waals surface area (Å²) in [6.07, 6.45) is -1.03. The van der Waals surface area contributed by atoms with Crippen LogP contribution in [0, 0.1) is 0 Å². The summed E-state index contributed by atoms with van der Waals surface area (Å²) in [4.78, 5) is 80.9. The molecule has 0 saturated carbocycles. The average Bonchev–Trinajstić information content (AvgIpc) is 3.51. The standard InChI is InChI=1S/C32H40N6O8/c1-35-21-37(31(43)45-19-23-9-5-3-6-10-23)25(29(35)41)15-17-33-27(39)13-14-28(40)34-18-16-26-30(42)36(2)22-38(26)32(44)46-20-24-11-7-4-8-12-24/h3-12,25-26H,13-22H2,1-2H3,(H,33,39)(H,34,40)/t25-,26-/m0/s1. The third kappa shape index (κ3) is 9.19. The molecule has 0 unspecified atom stereocenters. The third-order valence-corrected chi connectivity index (χ3v) is 7.74. The van der Waals surface area contributed by atoms with E-state index in [1.165, 1.54) is 19.6 Å². The van der Waals surface area contributed by atoms with Crippen molar-refractivity contribution in [2.45, 2.75) is 51.0 Å². The van der Waals surface area contributed by atoms with Crippen molar-refractivity contribution in [3.63, 3.8) is 0 Å². The second-order valence-electron chi connectivity index (χ2n) is 11.2. The predicted molar refractivity (Wildman–Crippen MR) is 164 cm³/mol. The number of ether oxygens (including phenoxy) is 2. The quantitative estimate of drug-likeness (QED) is 0.336. The summed E-state index contributed by atoms with van der Waals surface area (Å²) < 4.78 is 10.8. The van der Waals surface area contributed by atoms with Crippen molar-refractivity contribution < 1.29 is 38.2 Å². The molecule has 2 aromatic rings. The molecule has 14 nitrogen and oxygen atoms in total. The lowest BCUT2D eigenvalue weighted by atomic mass is 10.1. The molecule has 2 saturated heterocycles. The molecule has 0 aliphatic carbocycles. The second-order valence-corrected chi connectivity index (χ2v) is 11.2. The summed E-state index contributed by atoms with van der Waals surface area (Å²) in [6, 6.07) is 16.8. The van der Waals surface area contributed by atoms with E-state index in [-0.39, 0.29) is 89.0 Å². The van der Waals surface area contributed by atoms with Crippen LogP contribution in [0.25, 0.3) is 0 Å². The first-order valence-corrected chi connectivity index (χ1v) is 15.1. The molecule has 2 aromatic carbocycles. The van der Waals surface area contributed by atoms with Gasteiger partial charge in [-0.1, -0.05) is 60.7 Å². The molecule has 0 spiro atoms. The van der Waals surface area contributed by atoms with E-state index in [1.54, 1.807) is 14.1 Å². The van der Waals surface area contributed by atoms with Crippen molar-refractivity contribution >= 4 is 35.8 Å². The van der Waals surface area contributed by atoms with Gasteiger partial charge in [0.25, 0.3) is 0 Å². The molecule has 0 bridgehead atoms. The number of carbonyl (C=O) groups excluding carboxylic acids is 6. The van der Waals surface area contributed by atoms with Gasteiger partial charge in [-0.3, -0.25) is 29.0 Å². The third-order valence-electron chi connectivity index (χ3n) is 7.74. The highest BCUT2D eigenvalue weighted by Crippen LogP contribution is 2.19. The Labute approximate surface area is 267 Å². The molecular formula is C32H40N6O8. The van der Waals surface area contributed by atoms with Crippen LogP contribution in [0.3, 0.4) is 0 Å². The van der Waals surface area contributed by atoms with Gasteiger partial charge in [0.15, 0.2) is 0 Å². The lowest BCUT2D eigenvalue weighted by Gasteiger charge is -2.21. The van der Waals surface area contributed by atoms with Crippen molar-refractivity contribution in [2.75, 3.05) is 40.5 Å². The lowest BCUT2D eigenvalue weighted by Crippen LogP contribution is -2.41. The number of amides is 6. The number of likely N-dealkylation sites (N-methyl/N-ethyl adjacent to an activating group) is 2. The molecule has 0 aromatic heterocycles. The lowest BCUT2D eigenvalue weighted by molar-refractivity contribution is -0.129. The van der Waals surface area contributed by atoms with E-state index >= 15 is 0 Å². The van der Waals surface area contributed by atoms with Gasteiger partial charge < -0.3 is 29.9 Å². The van der Waals surface area contributed by atoms with Crippen molar-refractivity contribution in [3.05, 3.63) is 71.8 Å². The van der Waals surface area contributed by atoms with Gasteiger partial charge >= 0.3 is 12.2 Å². The number of hydrogen-bond acceptors (Lipinski definition) is 8. The van der Waals surface area contributed by atoms with Gasteiger partial charge in [-0.2, -0.15) is 0 Å². The van der Waals surface area contributed by atoms with Crippen LogP contribution in [0.2, 0.25) is 0 Å². The van der Waals surface area contributed by atoms with Crippen LogP contribution in [0.15, 0.2) is 60.7 Å². The predicted octanol–water partition coefficient (Wildman–Crippen LogP) is 1.65. The summed E-state index contributed by atoms with van der Waals surface area (Å²) in [7, 11) is 3.18. The smallest absolute Gasteiger partial charge is 0.412 e. The molecule has 2 N–H and O–H groups in total. The molecule has 246 valence electrons. The van der Waals surface area contributed by atoms with Gasteiger partial charge in [-0.15, -0.1) is 0 Å². The SMILES string of the molecule is CN1CN(C(=O)OCc2ccccc2)[C@@H](CCNC(=O)CCC(=O)NCC[C@H]2C(=O)N(C)CN2C(=O)OCc2ccccc2)C1=O. The zero-order valence-corrected chi connectivity index (χ0v) is 26.1. The van der Waals surface area contributed by atoms with Gasteiger partial charge in [0, 0.05) is 40.0 Å². The maximum Gasteiger partial charge on any atom is 0.412 e. The van der Waals surface area contributed by atoms with Crippen LogP contribution >= 0.6 is 0 Å². The molecule has 2 fully saturated rings. The van der Waals surface area contributed by atoms with Gasteiger partial charge in [-0.05, 0) is 24.0 Å². The zero-order chi connectivity index (χ0) is 33.1. The Morgan fingerprint density at radius 1 is 0.652 bits per heavy atom.